The number of rotatable bonds is 5. The summed E-state index contributed by atoms with van der Waals surface area (Å²) >= 11 is 0. The first-order valence-corrected chi connectivity index (χ1v) is 7.48. The van der Waals surface area contributed by atoms with Gasteiger partial charge >= 0.3 is 0 Å². The van der Waals surface area contributed by atoms with Crippen LogP contribution in [0.5, 0.6) is 0 Å². The maximum absolute atomic E-state index is 9.61. The van der Waals surface area contributed by atoms with Crippen molar-refractivity contribution < 1.29 is 5.11 Å². The van der Waals surface area contributed by atoms with E-state index >= 15 is 0 Å². The van der Waals surface area contributed by atoms with Crippen LogP contribution in [0.3, 0.4) is 0 Å². The molecule has 0 aromatic heterocycles. The smallest absolute Gasteiger partial charge is 0.0587 e. The Kier molecular flexibility index (Phi) is 4.16. The van der Waals surface area contributed by atoms with E-state index in [2.05, 4.69) is 34.5 Å². The van der Waals surface area contributed by atoms with E-state index in [4.69, 9.17) is 0 Å². The zero-order chi connectivity index (χ0) is 13.1. The second kappa shape index (κ2) is 6.04. The summed E-state index contributed by atoms with van der Waals surface area (Å²) < 4.78 is 0. The molecule has 3 unspecified atom stereocenters. The van der Waals surface area contributed by atoms with Gasteiger partial charge in [-0.1, -0.05) is 30.3 Å². The van der Waals surface area contributed by atoms with E-state index in [1.807, 2.05) is 6.07 Å². The lowest BCUT2D eigenvalue weighted by molar-refractivity contribution is 0.177. The van der Waals surface area contributed by atoms with E-state index in [0.717, 1.165) is 12.3 Å². The Morgan fingerprint density at radius 2 is 2.00 bits per heavy atom. The topological polar surface area (TPSA) is 35.5 Å². The molecule has 19 heavy (non-hydrogen) atoms. The maximum atomic E-state index is 9.61. The van der Waals surface area contributed by atoms with Crippen molar-refractivity contribution >= 4 is 0 Å². The SMILES string of the molecule is OC[C@H](Cc1ccccc1)NC1CCN2CCC1C2. The van der Waals surface area contributed by atoms with Crippen molar-refractivity contribution in [2.24, 2.45) is 5.92 Å². The first-order valence-electron chi connectivity index (χ1n) is 7.48. The molecule has 2 aliphatic heterocycles. The first-order chi connectivity index (χ1) is 9.35. The molecule has 3 nitrogen and oxygen atoms in total. The molecule has 0 saturated carbocycles. The van der Waals surface area contributed by atoms with E-state index in [1.54, 1.807) is 0 Å². The summed E-state index contributed by atoms with van der Waals surface area (Å²) in [7, 11) is 0. The Morgan fingerprint density at radius 1 is 1.21 bits per heavy atom. The van der Waals surface area contributed by atoms with E-state index in [0.29, 0.717) is 6.04 Å². The second-order valence-electron chi connectivity index (χ2n) is 5.98. The minimum atomic E-state index is 0.194. The van der Waals surface area contributed by atoms with Crippen molar-refractivity contribution in [2.75, 3.05) is 26.2 Å². The van der Waals surface area contributed by atoms with Crippen molar-refractivity contribution in [3.05, 3.63) is 35.9 Å². The van der Waals surface area contributed by atoms with Crippen LogP contribution in [0.15, 0.2) is 30.3 Å². The largest absolute Gasteiger partial charge is 0.395 e. The number of nitrogens with one attached hydrogen (secondary N) is 1. The summed E-state index contributed by atoms with van der Waals surface area (Å²) in [6.07, 6.45) is 3.47. The van der Waals surface area contributed by atoms with Crippen molar-refractivity contribution in [3.8, 4) is 0 Å². The third-order valence-corrected chi connectivity index (χ3v) is 4.63. The minimum Gasteiger partial charge on any atom is -0.395 e. The van der Waals surface area contributed by atoms with Gasteiger partial charge in [-0.05, 0) is 43.8 Å². The third kappa shape index (κ3) is 3.16. The van der Waals surface area contributed by atoms with Crippen molar-refractivity contribution in [1.82, 2.24) is 10.2 Å². The summed E-state index contributed by atoms with van der Waals surface area (Å²) in [5.41, 5.74) is 1.30. The molecule has 0 spiro atoms. The molecule has 2 fully saturated rings. The van der Waals surface area contributed by atoms with Gasteiger partial charge in [0.25, 0.3) is 0 Å². The van der Waals surface area contributed by atoms with Crippen molar-refractivity contribution in [1.29, 1.82) is 0 Å². The van der Waals surface area contributed by atoms with Gasteiger partial charge in [-0.25, -0.2) is 0 Å². The van der Waals surface area contributed by atoms with Crippen LogP contribution in [0.25, 0.3) is 0 Å². The van der Waals surface area contributed by atoms with E-state index in [-0.39, 0.29) is 12.6 Å². The number of aliphatic hydroxyl groups excluding tert-OH is 1. The lowest BCUT2D eigenvalue weighted by Crippen LogP contribution is -2.49. The fourth-order valence-corrected chi connectivity index (χ4v) is 3.55. The van der Waals surface area contributed by atoms with E-state index in [9.17, 15) is 5.11 Å². The van der Waals surface area contributed by atoms with Crippen LogP contribution in [0.2, 0.25) is 0 Å². The first kappa shape index (κ1) is 13.1. The Hall–Kier alpha value is -0.900. The van der Waals surface area contributed by atoms with Crippen LogP contribution in [-0.2, 0) is 6.42 Å². The number of aliphatic hydroxyl groups is 1. The predicted octanol–water partition coefficient (Wildman–Crippen LogP) is 1.27. The third-order valence-electron chi connectivity index (χ3n) is 4.63. The number of fused-ring (bicyclic) bond motifs is 2. The zero-order valence-corrected chi connectivity index (χ0v) is 11.5. The molecule has 3 rings (SSSR count). The van der Waals surface area contributed by atoms with Gasteiger partial charge in [0, 0.05) is 18.6 Å². The summed E-state index contributed by atoms with van der Waals surface area (Å²) in [5, 5.41) is 13.3. The van der Waals surface area contributed by atoms with Gasteiger partial charge in [0.1, 0.15) is 0 Å². The number of benzene rings is 1. The Morgan fingerprint density at radius 3 is 2.79 bits per heavy atom. The number of hydrogen-bond donors (Lipinski definition) is 2. The molecule has 1 aromatic carbocycles. The molecular formula is C16H24N2O. The van der Waals surface area contributed by atoms with Crippen LogP contribution < -0.4 is 5.32 Å². The molecule has 104 valence electrons. The van der Waals surface area contributed by atoms with Gasteiger partial charge in [-0.2, -0.15) is 0 Å². The normalized spacial score (nSPS) is 31.3. The zero-order valence-electron chi connectivity index (χ0n) is 11.5. The molecule has 3 heteroatoms. The van der Waals surface area contributed by atoms with Crippen LogP contribution >= 0.6 is 0 Å². The average Bonchev–Trinajstić information content (AvgIpc) is 2.85. The highest BCUT2D eigenvalue weighted by molar-refractivity contribution is 5.16. The molecule has 0 amide bonds. The fraction of sp³-hybridized carbons (Fsp3) is 0.625. The molecule has 2 aliphatic rings. The second-order valence-corrected chi connectivity index (χ2v) is 5.98. The highest BCUT2D eigenvalue weighted by Gasteiger charge is 2.34. The molecule has 2 N–H and O–H groups in total. The number of nitrogens with zero attached hydrogens (tertiary/aromatic N) is 1. The van der Waals surface area contributed by atoms with Crippen LogP contribution in [0, 0.1) is 5.92 Å². The Balaban J connectivity index is 1.57. The molecule has 2 bridgehead atoms. The highest BCUT2D eigenvalue weighted by Crippen LogP contribution is 2.27. The van der Waals surface area contributed by atoms with Crippen LogP contribution in [0.1, 0.15) is 18.4 Å². The monoisotopic (exact) mass is 260 g/mol. The molecule has 0 aliphatic carbocycles. The highest BCUT2D eigenvalue weighted by atomic mass is 16.3. The van der Waals surface area contributed by atoms with Gasteiger partial charge in [0.05, 0.1) is 6.61 Å². The van der Waals surface area contributed by atoms with Crippen LogP contribution in [0.4, 0.5) is 0 Å². The van der Waals surface area contributed by atoms with E-state index in [1.165, 1.54) is 38.0 Å². The quantitative estimate of drug-likeness (QED) is 0.837. The van der Waals surface area contributed by atoms with Crippen molar-refractivity contribution in [2.45, 2.75) is 31.3 Å². The van der Waals surface area contributed by atoms with Gasteiger partial charge in [-0.3, -0.25) is 0 Å². The van der Waals surface area contributed by atoms with Crippen LogP contribution in [-0.4, -0.2) is 48.3 Å². The van der Waals surface area contributed by atoms with Gasteiger partial charge in [0.2, 0.25) is 0 Å². The lowest BCUT2D eigenvalue weighted by Gasteiger charge is -2.33. The molecule has 4 atom stereocenters. The summed E-state index contributed by atoms with van der Waals surface area (Å²) in [6.45, 7) is 3.96. The fourth-order valence-electron chi connectivity index (χ4n) is 3.55. The lowest BCUT2D eigenvalue weighted by atomic mass is 9.92. The maximum Gasteiger partial charge on any atom is 0.0587 e. The molecular weight excluding hydrogens is 236 g/mol. The summed E-state index contributed by atoms with van der Waals surface area (Å²) in [6, 6.07) is 11.3. The molecule has 1 aromatic rings. The summed E-state index contributed by atoms with van der Waals surface area (Å²) in [5.74, 6) is 0.790. The van der Waals surface area contributed by atoms with Gasteiger partial charge < -0.3 is 15.3 Å². The van der Waals surface area contributed by atoms with Crippen molar-refractivity contribution in [3.63, 3.8) is 0 Å². The average molecular weight is 260 g/mol. The molecule has 0 radical (unpaired) electrons. The minimum absolute atomic E-state index is 0.194. The number of hydrogen-bond acceptors (Lipinski definition) is 3. The molecule has 2 saturated heterocycles. The number of piperidine rings is 1. The van der Waals surface area contributed by atoms with E-state index < -0.39 is 0 Å². The Bertz CT molecular complexity index is 395. The standard InChI is InChI=1S/C16H24N2O/c19-12-15(10-13-4-2-1-3-5-13)17-16-7-9-18-8-6-14(16)11-18/h1-5,14-17,19H,6-12H2/t14?,15-,16?/m0/s1. The summed E-state index contributed by atoms with van der Waals surface area (Å²) in [4.78, 5) is 2.56. The van der Waals surface area contributed by atoms with Gasteiger partial charge in [-0.15, -0.1) is 0 Å². The Labute approximate surface area is 115 Å². The molecule has 2 heterocycles. The predicted molar refractivity (Wildman–Crippen MR) is 77.1 cm³/mol. The van der Waals surface area contributed by atoms with Gasteiger partial charge in [0.15, 0.2) is 0 Å².